The number of rotatable bonds is 5. The molecule has 0 spiro atoms. The van der Waals surface area contributed by atoms with Crippen molar-refractivity contribution in [1.29, 1.82) is 0 Å². The molecular weight excluding hydrogens is 346 g/mol. The SMILES string of the molecule is CN(C)CCN(C(=O)c1ccn(C)n1)c1nc2c(Cl)cccc2s1. The molecule has 0 aliphatic heterocycles. The number of anilines is 1. The number of fused-ring (bicyclic) bond motifs is 1. The van der Waals surface area contributed by atoms with Crippen molar-refractivity contribution >= 4 is 44.2 Å². The Morgan fingerprint density at radius 2 is 2.08 bits per heavy atom. The first-order valence-corrected chi connectivity index (χ1v) is 8.66. The molecule has 24 heavy (non-hydrogen) atoms. The standard InChI is InChI=1S/C16H18ClN5OS/c1-20(2)9-10-22(15(23)12-7-8-21(3)19-12)16-18-14-11(17)5-4-6-13(14)24-16/h4-8H,9-10H2,1-3H3. The number of amides is 1. The third-order valence-corrected chi connectivity index (χ3v) is 4.89. The molecule has 2 aromatic heterocycles. The normalized spacial score (nSPS) is 11.4. The summed E-state index contributed by atoms with van der Waals surface area (Å²) >= 11 is 7.68. The Kier molecular flexibility index (Phi) is 4.84. The van der Waals surface area contributed by atoms with Gasteiger partial charge in [-0.15, -0.1) is 0 Å². The van der Waals surface area contributed by atoms with Gasteiger partial charge in [-0.25, -0.2) is 4.98 Å². The van der Waals surface area contributed by atoms with E-state index >= 15 is 0 Å². The average molecular weight is 364 g/mol. The van der Waals surface area contributed by atoms with Gasteiger partial charge in [0.25, 0.3) is 5.91 Å². The molecule has 8 heteroatoms. The summed E-state index contributed by atoms with van der Waals surface area (Å²) < 4.78 is 2.58. The van der Waals surface area contributed by atoms with E-state index in [1.54, 1.807) is 35.0 Å². The van der Waals surface area contributed by atoms with E-state index < -0.39 is 0 Å². The maximum absolute atomic E-state index is 12.9. The monoisotopic (exact) mass is 363 g/mol. The van der Waals surface area contributed by atoms with E-state index in [2.05, 4.69) is 10.1 Å². The van der Waals surface area contributed by atoms with Gasteiger partial charge >= 0.3 is 0 Å². The number of hydrogen-bond acceptors (Lipinski definition) is 5. The Labute approximate surface area is 149 Å². The number of aryl methyl sites for hydroxylation is 1. The van der Waals surface area contributed by atoms with Crippen LogP contribution in [0.3, 0.4) is 0 Å². The number of carbonyl (C=O) groups is 1. The molecule has 0 saturated carbocycles. The van der Waals surface area contributed by atoms with Gasteiger partial charge in [-0.05, 0) is 32.3 Å². The minimum absolute atomic E-state index is 0.160. The number of likely N-dealkylation sites (N-methyl/N-ethyl adjacent to an activating group) is 1. The highest BCUT2D eigenvalue weighted by atomic mass is 35.5. The van der Waals surface area contributed by atoms with Crippen LogP contribution in [-0.4, -0.2) is 52.8 Å². The lowest BCUT2D eigenvalue weighted by Crippen LogP contribution is -2.37. The van der Waals surface area contributed by atoms with Gasteiger partial charge in [-0.2, -0.15) is 5.10 Å². The quantitative estimate of drug-likeness (QED) is 0.699. The first kappa shape index (κ1) is 16.9. The molecule has 1 amide bonds. The summed E-state index contributed by atoms with van der Waals surface area (Å²) in [5, 5.41) is 5.44. The Balaban J connectivity index is 1.99. The van der Waals surface area contributed by atoms with Crippen LogP contribution in [0, 0.1) is 0 Å². The zero-order valence-electron chi connectivity index (χ0n) is 13.7. The molecule has 1 aromatic carbocycles. The summed E-state index contributed by atoms with van der Waals surface area (Å²) in [5.74, 6) is -0.160. The van der Waals surface area contributed by atoms with Crippen molar-refractivity contribution in [2.24, 2.45) is 7.05 Å². The van der Waals surface area contributed by atoms with Crippen LogP contribution in [0.15, 0.2) is 30.5 Å². The van der Waals surface area contributed by atoms with Crippen molar-refractivity contribution in [3.8, 4) is 0 Å². The van der Waals surface area contributed by atoms with Crippen LogP contribution in [0.4, 0.5) is 5.13 Å². The van der Waals surface area contributed by atoms with Gasteiger partial charge in [-0.1, -0.05) is 29.0 Å². The van der Waals surface area contributed by atoms with Crippen molar-refractivity contribution in [1.82, 2.24) is 19.7 Å². The van der Waals surface area contributed by atoms with Crippen LogP contribution in [-0.2, 0) is 7.05 Å². The van der Waals surface area contributed by atoms with Gasteiger partial charge in [0, 0.05) is 26.3 Å². The van der Waals surface area contributed by atoms with Crippen molar-refractivity contribution in [3.63, 3.8) is 0 Å². The smallest absolute Gasteiger partial charge is 0.280 e. The number of para-hydroxylation sites is 1. The van der Waals surface area contributed by atoms with Crippen LogP contribution in [0.25, 0.3) is 10.2 Å². The zero-order valence-corrected chi connectivity index (χ0v) is 15.3. The zero-order chi connectivity index (χ0) is 17.3. The summed E-state index contributed by atoms with van der Waals surface area (Å²) in [6.07, 6.45) is 1.76. The highest BCUT2D eigenvalue weighted by molar-refractivity contribution is 7.22. The van der Waals surface area contributed by atoms with E-state index in [1.165, 1.54) is 11.3 Å². The molecule has 3 aromatic rings. The third kappa shape index (κ3) is 3.43. The first-order valence-electron chi connectivity index (χ1n) is 7.47. The fourth-order valence-corrected chi connectivity index (χ4v) is 3.56. The van der Waals surface area contributed by atoms with Crippen LogP contribution in [0.1, 0.15) is 10.5 Å². The molecule has 0 fully saturated rings. The third-order valence-electron chi connectivity index (χ3n) is 3.54. The largest absolute Gasteiger partial charge is 0.308 e. The number of nitrogens with zero attached hydrogens (tertiary/aromatic N) is 5. The van der Waals surface area contributed by atoms with Crippen molar-refractivity contribution in [3.05, 3.63) is 41.2 Å². The van der Waals surface area contributed by atoms with E-state index in [-0.39, 0.29) is 5.91 Å². The van der Waals surface area contributed by atoms with Gasteiger partial charge in [0.05, 0.1) is 9.72 Å². The number of aromatic nitrogens is 3. The van der Waals surface area contributed by atoms with Gasteiger partial charge in [-0.3, -0.25) is 14.4 Å². The second kappa shape index (κ2) is 6.88. The minimum atomic E-state index is -0.160. The summed E-state index contributed by atoms with van der Waals surface area (Å²) in [5.41, 5.74) is 1.13. The second-order valence-electron chi connectivity index (χ2n) is 5.72. The fraction of sp³-hybridized carbons (Fsp3) is 0.312. The van der Waals surface area contributed by atoms with E-state index in [1.807, 2.05) is 31.1 Å². The molecule has 2 heterocycles. The molecule has 3 rings (SSSR count). The lowest BCUT2D eigenvalue weighted by molar-refractivity contribution is 0.0979. The topological polar surface area (TPSA) is 54.3 Å². The minimum Gasteiger partial charge on any atom is -0.308 e. The first-order chi connectivity index (χ1) is 11.5. The van der Waals surface area contributed by atoms with Crippen molar-refractivity contribution in [2.45, 2.75) is 0 Å². The fourth-order valence-electron chi connectivity index (χ4n) is 2.27. The van der Waals surface area contributed by atoms with Crippen LogP contribution in [0.2, 0.25) is 5.02 Å². The van der Waals surface area contributed by atoms with E-state index in [0.717, 1.165) is 16.8 Å². The van der Waals surface area contributed by atoms with E-state index in [4.69, 9.17) is 11.6 Å². The summed E-state index contributed by atoms with van der Waals surface area (Å²) in [6.45, 7) is 1.25. The molecule has 6 nitrogen and oxygen atoms in total. The number of carbonyl (C=O) groups excluding carboxylic acids is 1. The molecule has 0 unspecified atom stereocenters. The van der Waals surface area contributed by atoms with Crippen molar-refractivity contribution < 1.29 is 4.79 Å². The highest BCUT2D eigenvalue weighted by Crippen LogP contribution is 2.33. The predicted molar refractivity (Wildman–Crippen MR) is 98.1 cm³/mol. The predicted octanol–water partition coefficient (Wildman–Crippen LogP) is 2.89. The highest BCUT2D eigenvalue weighted by Gasteiger charge is 2.23. The Bertz CT molecular complexity index is 872. The molecule has 126 valence electrons. The van der Waals surface area contributed by atoms with Gasteiger partial charge in [0.2, 0.25) is 0 Å². The Morgan fingerprint density at radius 3 is 2.71 bits per heavy atom. The Morgan fingerprint density at radius 1 is 1.29 bits per heavy atom. The molecule has 0 saturated heterocycles. The number of thiazole rings is 1. The molecule has 0 aliphatic carbocycles. The summed E-state index contributed by atoms with van der Waals surface area (Å²) in [7, 11) is 5.73. The molecule has 0 radical (unpaired) electrons. The molecule has 0 bridgehead atoms. The number of hydrogen-bond donors (Lipinski definition) is 0. The van der Waals surface area contributed by atoms with Gasteiger partial charge in [0.1, 0.15) is 5.52 Å². The summed E-state index contributed by atoms with van der Waals surface area (Å²) in [4.78, 5) is 21.2. The average Bonchev–Trinajstić information content (AvgIpc) is 3.14. The van der Waals surface area contributed by atoms with E-state index in [9.17, 15) is 4.79 Å². The lowest BCUT2D eigenvalue weighted by atomic mass is 10.3. The summed E-state index contributed by atoms with van der Waals surface area (Å²) in [6, 6.07) is 7.36. The maximum Gasteiger partial charge on any atom is 0.280 e. The van der Waals surface area contributed by atoms with Crippen LogP contribution < -0.4 is 4.90 Å². The Hall–Kier alpha value is -1.96. The molecule has 0 N–H and O–H groups in total. The number of benzene rings is 1. The van der Waals surface area contributed by atoms with Crippen LogP contribution in [0.5, 0.6) is 0 Å². The molecular formula is C16H18ClN5OS. The molecule has 0 aliphatic rings. The van der Waals surface area contributed by atoms with Gasteiger partial charge < -0.3 is 4.90 Å². The second-order valence-corrected chi connectivity index (χ2v) is 7.13. The van der Waals surface area contributed by atoms with Crippen LogP contribution >= 0.6 is 22.9 Å². The maximum atomic E-state index is 12.9. The molecule has 0 atom stereocenters. The number of halogens is 1. The van der Waals surface area contributed by atoms with Gasteiger partial charge in [0.15, 0.2) is 10.8 Å². The lowest BCUT2D eigenvalue weighted by Gasteiger charge is -2.21. The van der Waals surface area contributed by atoms with Crippen molar-refractivity contribution in [2.75, 3.05) is 32.1 Å². The van der Waals surface area contributed by atoms with E-state index in [0.29, 0.717) is 22.4 Å².